The van der Waals surface area contributed by atoms with Crippen LogP contribution in [0.2, 0.25) is 0 Å². The largest absolute Gasteiger partial charge is 0.508 e. The van der Waals surface area contributed by atoms with Gasteiger partial charge < -0.3 is 20.7 Å². The third-order valence-electron chi connectivity index (χ3n) is 3.33. The van der Waals surface area contributed by atoms with Gasteiger partial charge in [-0.25, -0.2) is 0 Å². The first-order valence-corrected chi connectivity index (χ1v) is 6.39. The smallest absolute Gasteiger partial charge is 0.258 e. The average Bonchev–Trinajstić information content (AvgIpc) is 2.48. The van der Waals surface area contributed by atoms with Crippen LogP contribution in [-0.4, -0.2) is 23.2 Å². The molecule has 0 radical (unpaired) electrons. The Labute approximate surface area is 122 Å². The van der Waals surface area contributed by atoms with E-state index < -0.39 is 11.5 Å². The zero-order valence-electron chi connectivity index (χ0n) is 11.6. The number of aliphatic hydroxyl groups is 1. The predicted octanol–water partition coefficient (Wildman–Crippen LogP) is 1.26. The van der Waals surface area contributed by atoms with Gasteiger partial charge in [0.1, 0.15) is 5.75 Å². The number of methoxy groups -OCH3 is 1. The highest BCUT2D eigenvalue weighted by molar-refractivity contribution is 5.89. The summed E-state index contributed by atoms with van der Waals surface area (Å²) >= 11 is 0. The molecule has 110 valence electrons. The molecule has 2 aromatic rings. The topological polar surface area (TPSA) is 92.8 Å². The maximum absolute atomic E-state index is 11.9. The van der Waals surface area contributed by atoms with Crippen LogP contribution in [0, 0.1) is 0 Å². The molecule has 5 heteroatoms. The number of nitrogens with two attached hydrogens (primary N) is 1. The van der Waals surface area contributed by atoms with E-state index in [0.29, 0.717) is 16.7 Å². The monoisotopic (exact) mass is 287 g/mol. The normalized spacial score (nSPS) is 13.6. The van der Waals surface area contributed by atoms with E-state index in [9.17, 15) is 15.0 Å². The number of ether oxygens (including phenoxy) is 1. The fourth-order valence-corrected chi connectivity index (χ4v) is 2.32. The second kappa shape index (κ2) is 5.95. The van der Waals surface area contributed by atoms with Gasteiger partial charge in [0.15, 0.2) is 5.60 Å². The molecule has 2 aromatic carbocycles. The second-order valence-electron chi connectivity index (χ2n) is 4.72. The molecule has 1 atom stereocenters. The summed E-state index contributed by atoms with van der Waals surface area (Å²) < 4.78 is 5.06. The van der Waals surface area contributed by atoms with Gasteiger partial charge in [0, 0.05) is 12.7 Å². The first-order chi connectivity index (χ1) is 10.00. The van der Waals surface area contributed by atoms with E-state index in [4.69, 9.17) is 10.5 Å². The number of hydrogen-bond donors (Lipinski definition) is 3. The van der Waals surface area contributed by atoms with E-state index >= 15 is 0 Å². The first-order valence-electron chi connectivity index (χ1n) is 6.39. The van der Waals surface area contributed by atoms with Crippen molar-refractivity contribution >= 4 is 5.91 Å². The summed E-state index contributed by atoms with van der Waals surface area (Å²) in [5.41, 5.74) is 4.61. The van der Waals surface area contributed by atoms with E-state index in [1.165, 1.54) is 25.3 Å². The molecule has 21 heavy (non-hydrogen) atoms. The molecule has 0 aliphatic carbocycles. The maximum atomic E-state index is 11.9. The minimum absolute atomic E-state index is 0.0192. The van der Waals surface area contributed by atoms with Gasteiger partial charge in [-0.3, -0.25) is 4.79 Å². The number of phenolic OH excluding ortho intramolecular Hbond substituents is 1. The van der Waals surface area contributed by atoms with Crippen LogP contribution in [-0.2, 0) is 21.7 Å². The van der Waals surface area contributed by atoms with Crippen LogP contribution in [0.15, 0.2) is 48.5 Å². The van der Waals surface area contributed by atoms with Crippen molar-refractivity contribution in [3.05, 3.63) is 65.2 Å². The molecular formula is C16H17NO4. The van der Waals surface area contributed by atoms with E-state index in [-0.39, 0.29) is 12.4 Å². The van der Waals surface area contributed by atoms with Crippen molar-refractivity contribution in [1.29, 1.82) is 0 Å². The molecule has 0 fully saturated rings. The zero-order valence-corrected chi connectivity index (χ0v) is 11.6. The Kier molecular flexibility index (Phi) is 4.26. The van der Waals surface area contributed by atoms with Gasteiger partial charge in [0.2, 0.25) is 0 Å². The summed E-state index contributed by atoms with van der Waals surface area (Å²) in [6.45, 7) is 0.131. The van der Waals surface area contributed by atoms with E-state index in [1.54, 1.807) is 30.3 Å². The standard InChI is InChI=1S/C16H17NO4/c1-21-10-11-9-13(18)7-8-14(11)16(20,15(17)19)12-5-3-2-4-6-12/h2-9,18,20H,10H2,1H3,(H2,17,19)/t16-/m1/s1. The maximum Gasteiger partial charge on any atom is 0.258 e. The van der Waals surface area contributed by atoms with Crippen LogP contribution in [0.4, 0.5) is 0 Å². The van der Waals surface area contributed by atoms with Gasteiger partial charge in [-0.2, -0.15) is 0 Å². The number of phenols is 1. The van der Waals surface area contributed by atoms with E-state index in [2.05, 4.69) is 0 Å². The van der Waals surface area contributed by atoms with Crippen molar-refractivity contribution in [2.75, 3.05) is 7.11 Å². The Balaban J connectivity index is 2.66. The minimum atomic E-state index is -1.98. The number of aromatic hydroxyl groups is 1. The summed E-state index contributed by atoms with van der Waals surface area (Å²) in [4.78, 5) is 11.9. The number of carbonyl (C=O) groups is 1. The van der Waals surface area contributed by atoms with Gasteiger partial charge in [0.05, 0.1) is 6.61 Å². The molecule has 5 nitrogen and oxygen atoms in total. The SMILES string of the molecule is COCc1cc(O)ccc1[C@@](O)(C(N)=O)c1ccccc1. The summed E-state index contributed by atoms with van der Waals surface area (Å²) in [6.07, 6.45) is 0. The molecule has 0 aliphatic rings. The van der Waals surface area contributed by atoms with Crippen molar-refractivity contribution < 1.29 is 19.7 Å². The lowest BCUT2D eigenvalue weighted by Gasteiger charge is -2.28. The molecule has 0 heterocycles. The molecule has 0 aromatic heterocycles. The van der Waals surface area contributed by atoms with Crippen LogP contribution in [0.25, 0.3) is 0 Å². The van der Waals surface area contributed by atoms with Crippen LogP contribution in [0.3, 0.4) is 0 Å². The van der Waals surface area contributed by atoms with E-state index in [1.807, 2.05) is 0 Å². The number of primary amides is 1. The van der Waals surface area contributed by atoms with Gasteiger partial charge in [-0.05, 0) is 23.3 Å². The summed E-state index contributed by atoms with van der Waals surface area (Å²) in [5.74, 6) is -0.873. The molecule has 0 aliphatic heterocycles. The molecular weight excluding hydrogens is 270 g/mol. The molecule has 0 bridgehead atoms. The quantitative estimate of drug-likeness (QED) is 0.772. The first kappa shape index (κ1) is 15.0. The highest BCUT2D eigenvalue weighted by Gasteiger charge is 2.39. The number of hydrogen-bond acceptors (Lipinski definition) is 4. The molecule has 2 rings (SSSR count). The lowest BCUT2D eigenvalue weighted by molar-refractivity contribution is -0.133. The van der Waals surface area contributed by atoms with Crippen molar-refractivity contribution in [1.82, 2.24) is 0 Å². The Bertz CT molecular complexity index is 642. The number of rotatable bonds is 5. The van der Waals surface area contributed by atoms with Gasteiger partial charge in [0.25, 0.3) is 5.91 Å². The van der Waals surface area contributed by atoms with Crippen LogP contribution < -0.4 is 5.73 Å². The Morgan fingerprint density at radius 1 is 1.24 bits per heavy atom. The molecule has 1 amide bonds. The van der Waals surface area contributed by atoms with Crippen molar-refractivity contribution in [2.24, 2.45) is 5.73 Å². The number of amides is 1. The minimum Gasteiger partial charge on any atom is -0.508 e. The van der Waals surface area contributed by atoms with Gasteiger partial charge in [-0.1, -0.05) is 36.4 Å². The highest BCUT2D eigenvalue weighted by atomic mass is 16.5. The third-order valence-corrected chi connectivity index (χ3v) is 3.33. The number of carbonyl (C=O) groups excluding carboxylic acids is 1. The molecule has 0 spiro atoms. The summed E-state index contributed by atoms with van der Waals surface area (Å²) in [5, 5.41) is 20.5. The van der Waals surface area contributed by atoms with Crippen molar-refractivity contribution in [3.8, 4) is 5.75 Å². The lowest BCUT2D eigenvalue weighted by Crippen LogP contribution is -2.42. The van der Waals surface area contributed by atoms with Crippen LogP contribution in [0.1, 0.15) is 16.7 Å². The Morgan fingerprint density at radius 2 is 1.90 bits per heavy atom. The fraction of sp³-hybridized carbons (Fsp3) is 0.188. The van der Waals surface area contributed by atoms with Gasteiger partial charge >= 0.3 is 0 Å². The van der Waals surface area contributed by atoms with Crippen molar-refractivity contribution in [2.45, 2.75) is 12.2 Å². The summed E-state index contributed by atoms with van der Waals surface area (Å²) in [7, 11) is 1.49. The third kappa shape index (κ3) is 2.74. The van der Waals surface area contributed by atoms with Crippen LogP contribution in [0.5, 0.6) is 5.75 Å². The fourth-order valence-electron chi connectivity index (χ4n) is 2.32. The van der Waals surface area contributed by atoms with Gasteiger partial charge in [-0.15, -0.1) is 0 Å². The van der Waals surface area contributed by atoms with Crippen LogP contribution >= 0.6 is 0 Å². The summed E-state index contributed by atoms with van der Waals surface area (Å²) in [6, 6.07) is 12.7. The molecule has 0 saturated carbocycles. The highest BCUT2D eigenvalue weighted by Crippen LogP contribution is 2.33. The molecule has 4 N–H and O–H groups in total. The average molecular weight is 287 g/mol. The second-order valence-corrected chi connectivity index (χ2v) is 4.72. The lowest BCUT2D eigenvalue weighted by atomic mass is 9.83. The number of benzene rings is 2. The Hall–Kier alpha value is -2.37. The Morgan fingerprint density at radius 3 is 2.48 bits per heavy atom. The zero-order chi connectivity index (χ0) is 15.5. The predicted molar refractivity (Wildman–Crippen MR) is 77.5 cm³/mol. The van der Waals surface area contributed by atoms with E-state index in [0.717, 1.165) is 0 Å². The van der Waals surface area contributed by atoms with Crippen molar-refractivity contribution in [3.63, 3.8) is 0 Å². The molecule has 0 saturated heterocycles. The molecule has 0 unspecified atom stereocenters.